The molecule has 3 rings (SSSR count). The molecule has 3 aromatic carbocycles. The normalized spacial score (nSPS) is 11.4. The summed E-state index contributed by atoms with van der Waals surface area (Å²) in [5, 5.41) is 5.84. The molecule has 29 heavy (non-hydrogen) atoms. The van der Waals surface area contributed by atoms with Crippen LogP contribution in [0.4, 0.5) is 0 Å². The van der Waals surface area contributed by atoms with Gasteiger partial charge in [0.2, 0.25) is 5.91 Å². The molecule has 0 saturated carbocycles. The molecule has 0 aliphatic heterocycles. The molecule has 0 spiro atoms. The van der Waals surface area contributed by atoms with E-state index in [1.54, 1.807) is 23.9 Å². The van der Waals surface area contributed by atoms with Crippen molar-refractivity contribution in [2.75, 3.05) is 12.3 Å². The van der Waals surface area contributed by atoms with Crippen molar-refractivity contribution < 1.29 is 9.59 Å². The van der Waals surface area contributed by atoms with Crippen LogP contribution >= 0.6 is 11.8 Å². The van der Waals surface area contributed by atoms with E-state index in [0.717, 1.165) is 11.3 Å². The van der Waals surface area contributed by atoms with Crippen LogP contribution in [-0.4, -0.2) is 30.2 Å². The maximum Gasteiger partial charge on any atom is 0.251 e. The largest absolute Gasteiger partial charge is 0.353 e. The third-order valence-electron chi connectivity index (χ3n) is 4.35. The summed E-state index contributed by atoms with van der Waals surface area (Å²) < 4.78 is 0. The number of thioether (sulfide) groups is 1. The van der Waals surface area contributed by atoms with Gasteiger partial charge in [0.25, 0.3) is 5.91 Å². The molecule has 0 fully saturated rings. The maximum atomic E-state index is 12.8. The summed E-state index contributed by atoms with van der Waals surface area (Å²) in [6, 6.07) is 28.1. The minimum Gasteiger partial charge on any atom is -0.353 e. The second kappa shape index (κ2) is 11.1. The van der Waals surface area contributed by atoms with Crippen LogP contribution < -0.4 is 10.6 Å². The Bertz CT molecular complexity index is 902. The van der Waals surface area contributed by atoms with Gasteiger partial charge in [0, 0.05) is 29.2 Å². The van der Waals surface area contributed by atoms with Crippen LogP contribution in [-0.2, 0) is 11.2 Å². The molecule has 1 atom stereocenters. The smallest absolute Gasteiger partial charge is 0.251 e. The van der Waals surface area contributed by atoms with Crippen LogP contribution in [0, 0.1) is 0 Å². The molecular formula is C24H24N2O2S. The second-order valence-electron chi connectivity index (χ2n) is 6.53. The van der Waals surface area contributed by atoms with Crippen molar-refractivity contribution in [3.05, 3.63) is 102 Å². The van der Waals surface area contributed by atoms with Crippen molar-refractivity contribution in [1.82, 2.24) is 10.6 Å². The fourth-order valence-corrected chi connectivity index (χ4v) is 3.66. The van der Waals surface area contributed by atoms with E-state index in [4.69, 9.17) is 0 Å². The lowest BCUT2D eigenvalue weighted by Crippen LogP contribution is -2.48. The Morgan fingerprint density at radius 1 is 0.793 bits per heavy atom. The predicted molar refractivity (Wildman–Crippen MR) is 118 cm³/mol. The highest BCUT2D eigenvalue weighted by molar-refractivity contribution is 7.99. The zero-order valence-electron chi connectivity index (χ0n) is 16.1. The fourth-order valence-electron chi connectivity index (χ4n) is 2.87. The highest BCUT2D eigenvalue weighted by Crippen LogP contribution is 2.15. The molecule has 5 heteroatoms. The fraction of sp³-hybridized carbons (Fsp3) is 0.167. The van der Waals surface area contributed by atoms with Gasteiger partial charge in [0.1, 0.15) is 6.04 Å². The summed E-state index contributed by atoms with van der Waals surface area (Å²) in [6.45, 7) is 0.533. The highest BCUT2D eigenvalue weighted by Gasteiger charge is 2.21. The first-order chi connectivity index (χ1) is 14.2. The quantitative estimate of drug-likeness (QED) is 0.420. The molecule has 148 valence electrons. The standard InChI is InChI=1S/C24H24N2O2S/c27-23(20-12-6-2-7-13-20)26-22(18-19-10-4-1-5-11-19)24(28)25-16-17-29-21-14-8-3-9-15-21/h1-15,22H,16-18H2,(H,25,28)(H,26,27)/t22-/m1/s1. The van der Waals surface area contributed by atoms with E-state index in [1.165, 1.54) is 4.90 Å². The number of nitrogens with one attached hydrogen (secondary N) is 2. The lowest BCUT2D eigenvalue weighted by atomic mass is 10.0. The number of hydrogen-bond acceptors (Lipinski definition) is 3. The van der Waals surface area contributed by atoms with E-state index in [9.17, 15) is 9.59 Å². The van der Waals surface area contributed by atoms with Gasteiger partial charge in [-0.15, -0.1) is 11.8 Å². The van der Waals surface area contributed by atoms with Crippen molar-refractivity contribution in [1.29, 1.82) is 0 Å². The summed E-state index contributed by atoms with van der Waals surface area (Å²) in [6.07, 6.45) is 0.442. The number of carbonyl (C=O) groups excluding carboxylic acids is 2. The van der Waals surface area contributed by atoms with Crippen LogP contribution in [0.5, 0.6) is 0 Å². The summed E-state index contributed by atoms with van der Waals surface area (Å²) in [5.74, 6) is 0.340. The molecule has 0 aliphatic carbocycles. The van der Waals surface area contributed by atoms with Gasteiger partial charge in [-0.05, 0) is 29.8 Å². The van der Waals surface area contributed by atoms with E-state index >= 15 is 0 Å². The van der Waals surface area contributed by atoms with E-state index < -0.39 is 6.04 Å². The van der Waals surface area contributed by atoms with E-state index in [2.05, 4.69) is 10.6 Å². The van der Waals surface area contributed by atoms with Gasteiger partial charge in [-0.2, -0.15) is 0 Å². The third-order valence-corrected chi connectivity index (χ3v) is 5.37. The predicted octanol–water partition coefficient (Wildman–Crippen LogP) is 3.94. The van der Waals surface area contributed by atoms with Gasteiger partial charge >= 0.3 is 0 Å². The minimum atomic E-state index is -0.633. The molecule has 0 heterocycles. The molecule has 4 nitrogen and oxygen atoms in total. The third kappa shape index (κ3) is 6.80. The average molecular weight is 405 g/mol. The van der Waals surface area contributed by atoms with E-state index in [0.29, 0.717) is 18.5 Å². The summed E-state index contributed by atoms with van der Waals surface area (Å²) in [4.78, 5) is 26.5. The minimum absolute atomic E-state index is 0.174. The number of carbonyl (C=O) groups is 2. The van der Waals surface area contributed by atoms with Gasteiger partial charge in [-0.3, -0.25) is 9.59 Å². The lowest BCUT2D eigenvalue weighted by Gasteiger charge is -2.19. The molecule has 0 bridgehead atoms. The molecule has 2 N–H and O–H groups in total. The van der Waals surface area contributed by atoms with Crippen molar-refractivity contribution in [3.63, 3.8) is 0 Å². The van der Waals surface area contributed by atoms with Gasteiger partial charge in [-0.1, -0.05) is 66.7 Å². The number of benzene rings is 3. The van der Waals surface area contributed by atoms with Crippen molar-refractivity contribution >= 4 is 23.6 Å². The molecule has 0 saturated heterocycles. The molecular weight excluding hydrogens is 380 g/mol. The molecule has 0 aromatic heterocycles. The van der Waals surface area contributed by atoms with Crippen LogP contribution in [0.1, 0.15) is 15.9 Å². The van der Waals surface area contributed by atoms with Crippen molar-refractivity contribution in [2.24, 2.45) is 0 Å². The van der Waals surface area contributed by atoms with Crippen molar-refractivity contribution in [3.8, 4) is 0 Å². The average Bonchev–Trinajstić information content (AvgIpc) is 2.78. The second-order valence-corrected chi connectivity index (χ2v) is 7.70. The molecule has 0 aliphatic rings. The first-order valence-corrected chi connectivity index (χ1v) is 10.6. The Morgan fingerprint density at radius 2 is 1.38 bits per heavy atom. The van der Waals surface area contributed by atoms with Crippen LogP contribution in [0.25, 0.3) is 0 Å². The lowest BCUT2D eigenvalue weighted by molar-refractivity contribution is -0.122. The van der Waals surface area contributed by atoms with E-state index in [-0.39, 0.29) is 11.8 Å². The van der Waals surface area contributed by atoms with Crippen LogP contribution in [0.15, 0.2) is 95.9 Å². The van der Waals surface area contributed by atoms with Gasteiger partial charge in [-0.25, -0.2) is 0 Å². The first kappa shape index (κ1) is 20.7. The van der Waals surface area contributed by atoms with Crippen LogP contribution in [0.2, 0.25) is 0 Å². The molecule has 0 radical (unpaired) electrons. The molecule has 3 aromatic rings. The Morgan fingerprint density at radius 3 is 2.03 bits per heavy atom. The SMILES string of the molecule is O=C(N[C@H](Cc1ccccc1)C(=O)NCCSc1ccccc1)c1ccccc1. The van der Waals surface area contributed by atoms with Gasteiger partial charge < -0.3 is 10.6 Å². The van der Waals surface area contributed by atoms with Crippen molar-refractivity contribution in [2.45, 2.75) is 17.4 Å². The van der Waals surface area contributed by atoms with Gasteiger partial charge in [0.05, 0.1) is 0 Å². The number of amides is 2. The monoisotopic (exact) mass is 404 g/mol. The Balaban J connectivity index is 1.58. The van der Waals surface area contributed by atoms with E-state index in [1.807, 2.05) is 78.9 Å². The Hall–Kier alpha value is -3.05. The highest BCUT2D eigenvalue weighted by atomic mass is 32.2. The summed E-state index contributed by atoms with van der Waals surface area (Å²) >= 11 is 1.69. The molecule has 2 amide bonds. The Kier molecular flexibility index (Phi) is 7.90. The maximum absolute atomic E-state index is 12.8. The summed E-state index contributed by atoms with van der Waals surface area (Å²) in [7, 11) is 0. The van der Waals surface area contributed by atoms with Gasteiger partial charge in [0.15, 0.2) is 0 Å². The topological polar surface area (TPSA) is 58.2 Å². The first-order valence-electron chi connectivity index (χ1n) is 9.58. The molecule has 0 unspecified atom stereocenters. The Labute approximate surface area is 175 Å². The number of rotatable bonds is 9. The zero-order chi connectivity index (χ0) is 20.3. The zero-order valence-corrected chi connectivity index (χ0v) is 16.9. The van der Waals surface area contributed by atoms with Crippen LogP contribution in [0.3, 0.4) is 0 Å². The summed E-state index contributed by atoms with van der Waals surface area (Å²) in [5.41, 5.74) is 1.54. The number of hydrogen-bond donors (Lipinski definition) is 2.